The van der Waals surface area contributed by atoms with Crippen LogP contribution in [0.15, 0.2) is 48.5 Å². The van der Waals surface area contributed by atoms with E-state index in [1.54, 1.807) is 7.11 Å². The summed E-state index contributed by atoms with van der Waals surface area (Å²) in [5, 5.41) is 0.817. The second kappa shape index (κ2) is 9.40. The number of methoxy groups -OCH3 is 1. The summed E-state index contributed by atoms with van der Waals surface area (Å²) in [5.74, 6) is 1.16. The van der Waals surface area contributed by atoms with Crippen molar-refractivity contribution in [3.63, 3.8) is 0 Å². The zero-order chi connectivity index (χ0) is 21.0. The molecule has 2 aromatic rings. The van der Waals surface area contributed by atoms with Gasteiger partial charge in [0.15, 0.2) is 0 Å². The van der Waals surface area contributed by atoms with Gasteiger partial charge >= 0.3 is 0 Å². The second-order valence-electron chi connectivity index (χ2n) is 8.85. The van der Waals surface area contributed by atoms with Crippen LogP contribution >= 0.6 is 11.6 Å². The Labute approximate surface area is 184 Å². The van der Waals surface area contributed by atoms with Crippen molar-refractivity contribution in [1.82, 2.24) is 9.80 Å². The Hall–Kier alpha value is -2.04. The average molecular weight is 427 g/mol. The van der Waals surface area contributed by atoms with E-state index in [-0.39, 0.29) is 5.41 Å². The normalized spacial score (nSPS) is 18.9. The Bertz CT molecular complexity index is 860. The van der Waals surface area contributed by atoms with Crippen LogP contribution < -0.4 is 4.74 Å². The number of piperidine rings is 1. The Kier molecular flexibility index (Phi) is 6.64. The first-order chi connectivity index (χ1) is 14.5. The summed E-state index contributed by atoms with van der Waals surface area (Å²) in [6, 6.07) is 16.2. The highest BCUT2D eigenvalue weighted by molar-refractivity contribution is 6.30. The maximum absolute atomic E-state index is 12.7. The molecule has 0 aromatic heterocycles. The number of carbonyl (C=O) groups excluding carboxylic acids is 1. The van der Waals surface area contributed by atoms with Gasteiger partial charge in [-0.1, -0.05) is 35.9 Å². The lowest BCUT2D eigenvalue weighted by Gasteiger charge is -2.38. The Morgan fingerprint density at radius 2 is 1.83 bits per heavy atom. The van der Waals surface area contributed by atoms with Gasteiger partial charge in [-0.3, -0.25) is 4.79 Å². The maximum Gasteiger partial charge on any atom is 0.223 e. The molecule has 160 valence electrons. The minimum Gasteiger partial charge on any atom is -0.497 e. The first kappa shape index (κ1) is 21.2. The molecule has 4 rings (SSSR count). The van der Waals surface area contributed by atoms with Crippen molar-refractivity contribution < 1.29 is 9.53 Å². The molecule has 4 nitrogen and oxygen atoms in total. The molecule has 1 spiro atoms. The van der Waals surface area contributed by atoms with Crippen molar-refractivity contribution in [1.29, 1.82) is 0 Å². The van der Waals surface area contributed by atoms with Crippen molar-refractivity contribution in [3.8, 4) is 5.75 Å². The first-order valence-electron chi connectivity index (χ1n) is 10.9. The highest BCUT2D eigenvalue weighted by atomic mass is 35.5. The van der Waals surface area contributed by atoms with Crippen LogP contribution in [-0.2, 0) is 17.8 Å². The molecule has 2 aliphatic rings. The van der Waals surface area contributed by atoms with Gasteiger partial charge < -0.3 is 14.5 Å². The van der Waals surface area contributed by atoms with Crippen LogP contribution in [0.3, 0.4) is 0 Å². The summed E-state index contributed by atoms with van der Waals surface area (Å²) in [6.07, 6.45) is 5.16. The third kappa shape index (κ3) is 5.16. The largest absolute Gasteiger partial charge is 0.497 e. The molecule has 2 aliphatic heterocycles. The number of likely N-dealkylation sites (tertiary alicyclic amines) is 2. The van der Waals surface area contributed by atoms with E-state index < -0.39 is 0 Å². The molecule has 0 atom stereocenters. The summed E-state index contributed by atoms with van der Waals surface area (Å²) in [7, 11) is 1.67. The number of halogens is 1. The standard InChI is InChI=1S/C25H31ClN2O2/c1-30-23-9-7-21(8-10-23)18-28-19-25(17-24(28)29)11-14-27(15-12-25)13-3-5-20-4-2-6-22(26)16-20/h2,4,6-10,16H,3,5,11-15,17-19H2,1H3. The van der Waals surface area contributed by atoms with Crippen molar-refractivity contribution >= 4 is 17.5 Å². The van der Waals surface area contributed by atoms with E-state index in [0.29, 0.717) is 18.9 Å². The Morgan fingerprint density at radius 1 is 1.07 bits per heavy atom. The fourth-order valence-electron chi connectivity index (χ4n) is 4.86. The number of hydrogen-bond acceptors (Lipinski definition) is 3. The topological polar surface area (TPSA) is 32.8 Å². The molecule has 2 heterocycles. The summed E-state index contributed by atoms with van der Waals surface area (Å²) in [4.78, 5) is 17.3. The highest BCUT2D eigenvalue weighted by Gasteiger charge is 2.44. The number of rotatable bonds is 7. The van der Waals surface area contributed by atoms with Crippen LogP contribution in [0.5, 0.6) is 5.75 Å². The third-order valence-electron chi connectivity index (χ3n) is 6.68. The second-order valence-corrected chi connectivity index (χ2v) is 9.29. The van der Waals surface area contributed by atoms with Crippen LogP contribution in [-0.4, -0.2) is 49.0 Å². The first-order valence-corrected chi connectivity index (χ1v) is 11.3. The lowest BCUT2D eigenvalue weighted by molar-refractivity contribution is -0.128. The molecule has 2 fully saturated rings. The molecule has 30 heavy (non-hydrogen) atoms. The molecule has 0 unspecified atom stereocenters. The maximum atomic E-state index is 12.7. The van der Waals surface area contributed by atoms with Gasteiger partial charge in [0, 0.05) is 24.5 Å². The van der Waals surface area contributed by atoms with Gasteiger partial charge in [0.1, 0.15) is 5.75 Å². The number of benzene rings is 2. The Morgan fingerprint density at radius 3 is 2.53 bits per heavy atom. The summed E-state index contributed by atoms with van der Waals surface area (Å²) in [6.45, 7) is 4.91. The molecule has 2 saturated heterocycles. The monoisotopic (exact) mass is 426 g/mol. The summed E-state index contributed by atoms with van der Waals surface area (Å²) in [5.41, 5.74) is 2.65. The van der Waals surface area contributed by atoms with Crippen LogP contribution in [0.4, 0.5) is 0 Å². The van der Waals surface area contributed by atoms with Crippen molar-refractivity contribution in [2.45, 2.75) is 38.6 Å². The predicted molar refractivity (Wildman–Crippen MR) is 121 cm³/mol. The fourth-order valence-corrected chi connectivity index (χ4v) is 5.07. The summed E-state index contributed by atoms with van der Waals surface area (Å²) < 4.78 is 5.23. The SMILES string of the molecule is COc1ccc(CN2CC3(CCN(CCCc4cccc(Cl)c4)CC3)CC2=O)cc1. The van der Waals surface area contributed by atoms with E-state index in [4.69, 9.17) is 16.3 Å². The van der Waals surface area contributed by atoms with Crippen LogP contribution in [0.1, 0.15) is 36.8 Å². The molecular formula is C25H31ClN2O2. The van der Waals surface area contributed by atoms with Gasteiger partial charge in [0.25, 0.3) is 0 Å². The molecule has 0 N–H and O–H groups in total. The molecule has 0 aliphatic carbocycles. The number of amides is 1. The molecule has 0 radical (unpaired) electrons. The van der Waals surface area contributed by atoms with E-state index in [2.05, 4.69) is 34.1 Å². The lowest BCUT2D eigenvalue weighted by Crippen LogP contribution is -2.41. The van der Waals surface area contributed by atoms with Gasteiger partial charge in [-0.15, -0.1) is 0 Å². The van der Waals surface area contributed by atoms with E-state index in [1.165, 1.54) is 11.1 Å². The van der Waals surface area contributed by atoms with Gasteiger partial charge in [-0.25, -0.2) is 0 Å². The Balaban J connectivity index is 1.24. The van der Waals surface area contributed by atoms with Crippen molar-refractivity contribution in [2.75, 3.05) is 33.3 Å². The molecule has 0 bridgehead atoms. The van der Waals surface area contributed by atoms with Crippen molar-refractivity contribution in [2.24, 2.45) is 5.41 Å². The van der Waals surface area contributed by atoms with Crippen molar-refractivity contribution in [3.05, 3.63) is 64.7 Å². The van der Waals surface area contributed by atoms with Crippen LogP contribution in [0.2, 0.25) is 5.02 Å². The van der Waals surface area contributed by atoms with E-state index >= 15 is 0 Å². The zero-order valence-electron chi connectivity index (χ0n) is 17.8. The lowest BCUT2D eigenvalue weighted by atomic mass is 9.77. The quantitative estimate of drug-likeness (QED) is 0.637. The molecular weight excluding hydrogens is 396 g/mol. The van der Waals surface area contributed by atoms with E-state index in [0.717, 1.165) is 62.6 Å². The van der Waals surface area contributed by atoms with Crippen LogP contribution in [0.25, 0.3) is 0 Å². The smallest absolute Gasteiger partial charge is 0.223 e. The third-order valence-corrected chi connectivity index (χ3v) is 6.92. The van der Waals surface area contributed by atoms with Crippen LogP contribution in [0, 0.1) is 5.41 Å². The number of carbonyl (C=O) groups is 1. The van der Waals surface area contributed by atoms with E-state index in [1.807, 2.05) is 24.3 Å². The van der Waals surface area contributed by atoms with Gasteiger partial charge in [-0.05, 0) is 86.1 Å². The minimum absolute atomic E-state index is 0.174. The fraction of sp³-hybridized carbons (Fsp3) is 0.480. The molecule has 1 amide bonds. The van der Waals surface area contributed by atoms with Gasteiger partial charge in [-0.2, -0.15) is 0 Å². The molecule has 2 aromatic carbocycles. The number of aryl methyl sites for hydroxylation is 1. The van der Waals surface area contributed by atoms with E-state index in [9.17, 15) is 4.79 Å². The van der Waals surface area contributed by atoms with Gasteiger partial charge in [0.05, 0.1) is 7.11 Å². The van der Waals surface area contributed by atoms with Gasteiger partial charge in [0.2, 0.25) is 5.91 Å². The molecule has 5 heteroatoms. The highest BCUT2D eigenvalue weighted by Crippen LogP contribution is 2.41. The summed E-state index contributed by atoms with van der Waals surface area (Å²) >= 11 is 6.08. The number of nitrogens with zero attached hydrogens (tertiary/aromatic N) is 2. The number of ether oxygens (including phenoxy) is 1. The zero-order valence-corrected chi connectivity index (χ0v) is 18.5. The molecule has 0 saturated carbocycles. The minimum atomic E-state index is 0.174. The average Bonchev–Trinajstić information content (AvgIpc) is 3.05. The number of hydrogen-bond donors (Lipinski definition) is 0. The predicted octanol–water partition coefficient (Wildman–Crippen LogP) is 4.80.